The molecule has 0 spiro atoms. The quantitative estimate of drug-likeness (QED) is 0.548. The molecule has 2 amide bonds. The van der Waals surface area contributed by atoms with Crippen molar-refractivity contribution in [1.29, 1.82) is 0 Å². The van der Waals surface area contributed by atoms with Crippen molar-refractivity contribution in [2.24, 2.45) is 0 Å². The number of hydrogen-bond acceptors (Lipinski definition) is 5. The van der Waals surface area contributed by atoms with Gasteiger partial charge in [-0.25, -0.2) is 14.4 Å². The van der Waals surface area contributed by atoms with Crippen molar-refractivity contribution in [1.82, 2.24) is 10.6 Å². The fraction of sp³-hybridized carbons (Fsp3) is 0.688. The topological polar surface area (TPSA) is 93.7 Å². The molecule has 0 unspecified atom stereocenters. The van der Waals surface area contributed by atoms with E-state index in [1.165, 1.54) is 6.42 Å². The van der Waals surface area contributed by atoms with E-state index < -0.39 is 11.9 Å². The lowest BCUT2D eigenvalue weighted by atomic mass is 9.96. The molecule has 23 heavy (non-hydrogen) atoms. The molecular weight excluding hydrogens is 300 g/mol. The minimum Gasteiger partial charge on any atom is -0.463 e. The van der Waals surface area contributed by atoms with Gasteiger partial charge in [0, 0.05) is 18.2 Å². The predicted molar refractivity (Wildman–Crippen MR) is 84.7 cm³/mol. The third-order valence-corrected chi connectivity index (χ3v) is 3.44. The monoisotopic (exact) mass is 326 g/mol. The summed E-state index contributed by atoms with van der Waals surface area (Å²) in [5.41, 5.74) is 0. The van der Waals surface area contributed by atoms with E-state index in [1.807, 2.05) is 0 Å². The van der Waals surface area contributed by atoms with Crippen LogP contribution >= 0.6 is 0 Å². The van der Waals surface area contributed by atoms with Crippen LogP contribution in [-0.4, -0.2) is 43.3 Å². The van der Waals surface area contributed by atoms with Gasteiger partial charge in [0.05, 0.1) is 12.6 Å². The Morgan fingerprint density at radius 2 is 1.70 bits per heavy atom. The molecule has 1 saturated carbocycles. The Labute approximate surface area is 136 Å². The SMILES string of the molecule is CCOC(=O)/C=C/C(=O)OC[C@@H](C)NC(=O)NC1CCCCC1. The molecule has 7 nitrogen and oxygen atoms in total. The van der Waals surface area contributed by atoms with Crippen molar-refractivity contribution in [3.63, 3.8) is 0 Å². The highest BCUT2D eigenvalue weighted by Crippen LogP contribution is 2.17. The Morgan fingerprint density at radius 3 is 2.30 bits per heavy atom. The number of nitrogens with one attached hydrogen (secondary N) is 2. The highest BCUT2D eigenvalue weighted by molar-refractivity contribution is 5.91. The summed E-state index contributed by atoms with van der Waals surface area (Å²) in [6.07, 6.45) is 7.55. The third-order valence-electron chi connectivity index (χ3n) is 3.44. The highest BCUT2D eigenvalue weighted by atomic mass is 16.5. The van der Waals surface area contributed by atoms with Crippen LogP contribution in [0, 0.1) is 0 Å². The van der Waals surface area contributed by atoms with Crippen LogP contribution in [0.4, 0.5) is 4.79 Å². The summed E-state index contributed by atoms with van der Waals surface area (Å²) in [6.45, 7) is 3.69. The molecule has 1 aliphatic carbocycles. The molecule has 0 radical (unpaired) electrons. The Balaban J connectivity index is 2.19. The zero-order chi connectivity index (χ0) is 17.1. The fourth-order valence-electron chi connectivity index (χ4n) is 2.32. The van der Waals surface area contributed by atoms with Gasteiger partial charge in [-0.3, -0.25) is 0 Å². The lowest BCUT2D eigenvalue weighted by molar-refractivity contribution is -0.140. The first-order chi connectivity index (χ1) is 11.0. The van der Waals surface area contributed by atoms with Gasteiger partial charge < -0.3 is 20.1 Å². The normalized spacial score (nSPS) is 16.6. The molecule has 1 fully saturated rings. The molecule has 0 aliphatic heterocycles. The summed E-state index contributed by atoms with van der Waals surface area (Å²) in [5, 5.41) is 5.65. The Kier molecular flexibility index (Phi) is 8.79. The summed E-state index contributed by atoms with van der Waals surface area (Å²) in [4.78, 5) is 34.3. The Morgan fingerprint density at radius 1 is 1.09 bits per heavy atom. The van der Waals surface area contributed by atoms with E-state index in [4.69, 9.17) is 4.74 Å². The van der Waals surface area contributed by atoms with Crippen LogP contribution in [0.3, 0.4) is 0 Å². The zero-order valence-corrected chi connectivity index (χ0v) is 13.8. The van der Waals surface area contributed by atoms with Crippen molar-refractivity contribution in [2.45, 2.75) is 58.0 Å². The number of rotatable bonds is 7. The molecule has 0 aromatic rings. The minimum absolute atomic E-state index is 0.0318. The van der Waals surface area contributed by atoms with Gasteiger partial charge in [-0.15, -0.1) is 0 Å². The molecule has 0 heterocycles. The van der Waals surface area contributed by atoms with E-state index in [9.17, 15) is 14.4 Å². The van der Waals surface area contributed by atoms with Gasteiger partial charge in [-0.05, 0) is 26.7 Å². The molecular formula is C16H26N2O5. The predicted octanol–water partition coefficient (Wildman–Crippen LogP) is 1.67. The number of ether oxygens (including phenoxy) is 2. The maximum atomic E-state index is 11.8. The summed E-state index contributed by atoms with van der Waals surface area (Å²) in [6, 6.07) is -0.341. The van der Waals surface area contributed by atoms with Crippen LogP contribution in [0.2, 0.25) is 0 Å². The third kappa shape index (κ3) is 8.85. The van der Waals surface area contributed by atoms with Crippen LogP contribution in [0.15, 0.2) is 12.2 Å². The second kappa shape index (κ2) is 10.6. The lowest BCUT2D eigenvalue weighted by Gasteiger charge is -2.24. The standard InChI is InChI=1S/C16H26N2O5/c1-3-22-14(19)9-10-15(20)23-11-12(2)17-16(21)18-13-7-5-4-6-8-13/h9-10,12-13H,3-8,11H2,1-2H3,(H2,17,18,21)/b10-9+/t12-/m1/s1. The highest BCUT2D eigenvalue weighted by Gasteiger charge is 2.16. The van der Waals surface area contributed by atoms with Gasteiger partial charge in [-0.2, -0.15) is 0 Å². The summed E-state index contributed by atoms with van der Waals surface area (Å²) < 4.78 is 9.59. The van der Waals surface area contributed by atoms with Crippen molar-refractivity contribution < 1.29 is 23.9 Å². The maximum absolute atomic E-state index is 11.8. The van der Waals surface area contributed by atoms with Crippen LogP contribution in [-0.2, 0) is 19.1 Å². The molecule has 0 aromatic heterocycles. The van der Waals surface area contributed by atoms with Crippen LogP contribution in [0.1, 0.15) is 46.0 Å². The first kappa shape index (κ1) is 19.0. The Bertz CT molecular complexity index is 430. The van der Waals surface area contributed by atoms with Gasteiger partial charge in [0.25, 0.3) is 0 Å². The van der Waals surface area contributed by atoms with E-state index in [2.05, 4.69) is 15.4 Å². The average Bonchev–Trinajstić information content (AvgIpc) is 2.52. The van der Waals surface area contributed by atoms with E-state index in [0.29, 0.717) is 0 Å². The molecule has 0 aromatic carbocycles. The minimum atomic E-state index is -0.653. The number of carbonyl (C=O) groups is 3. The molecule has 1 aliphatic rings. The molecule has 0 bridgehead atoms. The van der Waals surface area contributed by atoms with E-state index in [-0.39, 0.29) is 31.3 Å². The molecule has 1 atom stereocenters. The van der Waals surface area contributed by atoms with Gasteiger partial charge in [0.1, 0.15) is 6.61 Å². The number of carbonyl (C=O) groups excluding carboxylic acids is 3. The fourth-order valence-corrected chi connectivity index (χ4v) is 2.32. The van der Waals surface area contributed by atoms with Crippen LogP contribution in [0.25, 0.3) is 0 Å². The molecule has 130 valence electrons. The maximum Gasteiger partial charge on any atom is 0.331 e. The van der Waals surface area contributed by atoms with E-state index >= 15 is 0 Å². The zero-order valence-electron chi connectivity index (χ0n) is 13.8. The van der Waals surface area contributed by atoms with Crippen molar-refractivity contribution in [3.05, 3.63) is 12.2 Å². The Hall–Kier alpha value is -2.05. The van der Waals surface area contributed by atoms with Crippen LogP contribution < -0.4 is 10.6 Å². The largest absolute Gasteiger partial charge is 0.463 e. The van der Waals surface area contributed by atoms with Gasteiger partial charge in [0.15, 0.2) is 0 Å². The van der Waals surface area contributed by atoms with Crippen LogP contribution in [0.5, 0.6) is 0 Å². The summed E-state index contributed by atoms with van der Waals surface area (Å²) in [7, 11) is 0. The number of amides is 2. The molecule has 0 saturated heterocycles. The summed E-state index contributed by atoms with van der Waals surface area (Å²) >= 11 is 0. The van der Waals surface area contributed by atoms with Crippen molar-refractivity contribution >= 4 is 18.0 Å². The molecule has 1 rings (SSSR count). The number of esters is 2. The van der Waals surface area contributed by atoms with Crippen molar-refractivity contribution in [3.8, 4) is 0 Å². The van der Waals surface area contributed by atoms with E-state index in [1.54, 1.807) is 13.8 Å². The first-order valence-electron chi connectivity index (χ1n) is 8.10. The van der Waals surface area contributed by atoms with Gasteiger partial charge in [0.2, 0.25) is 0 Å². The van der Waals surface area contributed by atoms with E-state index in [0.717, 1.165) is 37.8 Å². The lowest BCUT2D eigenvalue weighted by Crippen LogP contribution is -2.47. The average molecular weight is 326 g/mol. The number of urea groups is 1. The second-order valence-electron chi connectivity index (χ2n) is 5.57. The van der Waals surface area contributed by atoms with Gasteiger partial charge >= 0.3 is 18.0 Å². The van der Waals surface area contributed by atoms with Crippen molar-refractivity contribution in [2.75, 3.05) is 13.2 Å². The number of hydrogen-bond donors (Lipinski definition) is 2. The second-order valence-corrected chi connectivity index (χ2v) is 5.57. The molecule has 2 N–H and O–H groups in total. The smallest absolute Gasteiger partial charge is 0.331 e. The summed E-state index contributed by atoms with van der Waals surface area (Å²) in [5.74, 6) is -1.25. The first-order valence-corrected chi connectivity index (χ1v) is 8.10. The van der Waals surface area contributed by atoms with Gasteiger partial charge in [-0.1, -0.05) is 19.3 Å². The molecule has 7 heteroatoms.